The SMILES string of the molecule is CCOC(=O)CCC(=O)NC1CCCCC1CO. The van der Waals surface area contributed by atoms with Gasteiger partial charge in [-0.25, -0.2) is 0 Å². The molecule has 1 rings (SSSR count). The van der Waals surface area contributed by atoms with E-state index < -0.39 is 0 Å². The normalized spacial score (nSPS) is 23.4. The van der Waals surface area contributed by atoms with Crippen molar-refractivity contribution in [1.29, 1.82) is 0 Å². The topological polar surface area (TPSA) is 75.6 Å². The minimum Gasteiger partial charge on any atom is -0.466 e. The van der Waals surface area contributed by atoms with Crippen LogP contribution in [-0.2, 0) is 14.3 Å². The third-order valence-electron chi connectivity index (χ3n) is 3.35. The van der Waals surface area contributed by atoms with Crippen LogP contribution in [0.25, 0.3) is 0 Å². The van der Waals surface area contributed by atoms with E-state index in [0.717, 1.165) is 25.7 Å². The lowest BCUT2D eigenvalue weighted by atomic mass is 9.85. The van der Waals surface area contributed by atoms with Crippen LogP contribution in [0.2, 0.25) is 0 Å². The lowest BCUT2D eigenvalue weighted by Crippen LogP contribution is -2.43. The fourth-order valence-electron chi connectivity index (χ4n) is 2.34. The molecule has 104 valence electrons. The van der Waals surface area contributed by atoms with Crippen LogP contribution < -0.4 is 5.32 Å². The highest BCUT2D eigenvalue weighted by Gasteiger charge is 2.25. The first-order chi connectivity index (χ1) is 8.67. The summed E-state index contributed by atoms with van der Waals surface area (Å²) >= 11 is 0. The number of rotatable bonds is 6. The van der Waals surface area contributed by atoms with Gasteiger partial charge in [-0.3, -0.25) is 9.59 Å². The van der Waals surface area contributed by atoms with E-state index in [0.29, 0.717) is 6.61 Å². The highest BCUT2D eigenvalue weighted by Crippen LogP contribution is 2.23. The zero-order chi connectivity index (χ0) is 13.4. The van der Waals surface area contributed by atoms with Crippen LogP contribution in [0.4, 0.5) is 0 Å². The van der Waals surface area contributed by atoms with Crippen LogP contribution in [0.3, 0.4) is 0 Å². The van der Waals surface area contributed by atoms with Gasteiger partial charge in [0.15, 0.2) is 0 Å². The van der Waals surface area contributed by atoms with E-state index in [1.165, 1.54) is 0 Å². The second-order valence-corrected chi connectivity index (χ2v) is 4.71. The Morgan fingerprint density at radius 2 is 2.00 bits per heavy atom. The molecule has 1 saturated carbocycles. The molecular weight excluding hydrogens is 234 g/mol. The van der Waals surface area contributed by atoms with E-state index >= 15 is 0 Å². The van der Waals surface area contributed by atoms with Gasteiger partial charge in [0.2, 0.25) is 5.91 Å². The molecule has 0 bridgehead atoms. The summed E-state index contributed by atoms with van der Waals surface area (Å²) in [4.78, 5) is 22.8. The number of aliphatic hydroxyl groups excluding tert-OH is 1. The number of hydrogen-bond acceptors (Lipinski definition) is 4. The number of ether oxygens (including phenoxy) is 1. The minimum atomic E-state index is -0.338. The van der Waals surface area contributed by atoms with Crippen molar-refractivity contribution in [2.24, 2.45) is 5.92 Å². The molecule has 2 N–H and O–H groups in total. The third kappa shape index (κ3) is 5.04. The Labute approximate surface area is 108 Å². The van der Waals surface area contributed by atoms with Crippen LogP contribution in [0.1, 0.15) is 45.4 Å². The van der Waals surface area contributed by atoms with Crippen molar-refractivity contribution in [2.75, 3.05) is 13.2 Å². The maximum Gasteiger partial charge on any atom is 0.306 e. The molecule has 5 nitrogen and oxygen atoms in total. The molecule has 1 fully saturated rings. The summed E-state index contributed by atoms with van der Waals surface area (Å²) in [7, 11) is 0. The molecule has 2 unspecified atom stereocenters. The first kappa shape index (κ1) is 15.0. The van der Waals surface area contributed by atoms with Gasteiger partial charge in [0.25, 0.3) is 0 Å². The summed E-state index contributed by atoms with van der Waals surface area (Å²) in [6, 6.07) is 0.0541. The molecule has 0 aliphatic heterocycles. The van der Waals surface area contributed by atoms with E-state index in [4.69, 9.17) is 4.74 Å². The van der Waals surface area contributed by atoms with Gasteiger partial charge in [0.05, 0.1) is 13.0 Å². The van der Waals surface area contributed by atoms with E-state index in [9.17, 15) is 14.7 Å². The number of aliphatic hydroxyl groups is 1. The van der Waals surface area contributed by atoms with Crippen molar-refractivity contribution in [1.82, 2.24) is 5.32 Å². The molecular formula is C13H23NO4. The van der Waals surface area contributed by atoms with Gasteiger partial charge < -0.3 is 15.2 Å². The zero-order valence-electron chi connectivity index (χ0n) is 11.0. The molecule has 18 heavy (non-hydrogen) atoms. The second kappa shape index (κ2) is 8.08. The number of hydrogen-bond donors (Lipinski definition) is 2. The van der Waals surface area contributed by atoms with Gasteiger partial charge in [0.1, 0.15) is 0 Å². The lowest BCUT2D eigenvalue weighted by Gasteiger charge is -2.30. The van der Waals surface area contributed by atoms with Gasteiger partial charge in [-0.15, -0.1) is 0 Å². The number of amides is 1. The van der Waals surface area contributed by atoms with E-state index in [1.807, 2.05) is 0 Å². The molecule has 0 heterocycles. The molecule has 0 saturated heterocycles. The van der Waals surface area contributed by atoms with Gasteiger partial charge in [-0.2, -0.15) is 0 Å². The van der Waals surface area contributed by atoms with E-state index in [1.54, 1.807) is 6.92 Å². The number of nitrogens with one attached hydrogen (secondary N) is 1. The molecule has 1 aliphatic rings. The predicted octanol–water partition coefficient (Wildman–Crippen LogP) is 0.997. The highest BCUT2D eigenvalue weighted by atomic mass is 16.5. The first-order valence-electron chi connectivity index (χ1n) is 6.73. The minimum absolute atomic E-state index is 0.0541. The fourth-order valence-corrected chi connectivity index (χ4v) is 2.34. The van der Waals surface area contributed by atoms with Gasteiger partial charge in [-0.1, -0.05) is 12.8 Å². The maximum atomic E-state index is 11.7. The molecule has 0 aromatic rings. The molecule has 5 heteroatoms. The van der Waals surface area contributed by atoms with E-state index in [2.05, 4.69) is 5.32 Å². The Morgan fingerprint density at radius 3 is 2.67 bits per heavy atom. The van der Waals surface area contributed by atoms with E-state index in [-0.39, 0.29) is 43.3 Å². The van der Waals surface area contributed by atoms with Crippen molar-refractivity contribution in [3.05, 3.63) is 0 Å². The second-order valence-electron chi connectivity index (χ2n) is 4.71. The zero-order valence-corrected chi connectivity index (χ0v) is 11.0. The van der Waals surface area contributed by atoms with Crippen LogP contribution in [0.5, 0.6) is 0 Å². The lowest BCUT2D eigenvalue weighted by molar-refractivity contribution is -0.144. The largest absolute Gasteiger partial charge is 0.466 e. The summed E-state index contributed by atoms with van der Waals surface area (Å²) < 4.78 is 4.77. The van der Waals surface area contributed by atoms with Crippen molar-refractivity contribution in [2.45, 2.75) is 51.5 Å². The number of carbonyl (C=O) groups is 2. The Balaban J connectivity index is 2.27. The standard InChI is InChI=1S/C13H23NO4/c1-2-18-13(17)8-7-12(16)14-11-6-4-3-5-10(11)9-15/h10-11,15H,2-9H2,1H3,(H,14,16). The molecule has 1 aliphatic carbocycles. The average Bonchev–Trinajstić information content (AvgIpc) is 2.37. The molecule has 1 amide bonds. The molecule has 0 spiro atoms. The third-order valence-corrected chi connectivity index (χ3v) is 3.35. The Bertz CT molecular complexity index is 280. The fraction of sp³-hybridized carbons (Fsp3) is 0.846. The predicted molar refractivity (Wildman–Crippen MR) is 66.8 cm³/mol. The van der Waals surface area contributed by atoms with Crippen molar-refractivity contribution in [3.63, 3.8) is 0 Å². The summed E-state index contributed by atoms with van der Waals surface area (Å²) in [5.74, 6) is -0.311. The maximum absolute atomic E-state index is 11.7. The monoisotopic (exact) mass is 257 g/mol. The number of esters is 1. The van der Waals surface area contributed by atoms with Crippen LogP contribution >= 0.6 is 0 Å². The quantitative estimate of drug-likeness (QED) is 0.696. The highest BCUT2D eigenvalue weighted by molar-refractivity contribution is 5.81. The summed E-state index contributed by atoms with van der Waals surface area (Å²) in [6.07, 6.45) is 4.35. The van der Waals surface area contributed by atoms with Crippen molar-refractivity contribution >= 4 is 11.9 Å². The molecule has 2 atom stereocenters. The summed E-state index contributed by atoms with van der Waals surface area (Å²) in [5.41, 5.74) is 0. The Hall–Kier alpha value is -1.10. The number of carbonyl (C=O) groups excluding carboxylic acids is 2. The molecule has 0 aromatic heterocycles. The van der Waals surface area contributed by atoms with Crippen LogP contribution in [0.15, 0.2) is 0 Å². The smallest absolute Gasteiger partial charge is 0.306 e. The van der Waals surface area contributed by atoms with Gasteiger partial charge in [-0.05, 0) is 19.8 Å². The van der Waals surface area contributed by atoms with Gasteiger partial charge >= 0.3 is 5.97 Å². The average molecular weight is 257 g/mol. The van der Waals surface area contributed by atoms with Crippen LogP contribution in [-0.4, -0.2) is 36.2 Å². The first-order valence-corrected chi connectivity index (χ1v) is 6.73. The van der Waals surface area contributed by atoms with Crippen molar-refractivity contribution in [3.8, 4) is 0 Å². The Kier molecular flexibility index (Phi) is 6.72. The molecule has 0 aromatic carbocycles. The Morgan fingerprint density at radius 1 is 1.28 bits per heavy atom. The van der Waals surface area contributed by atoms with Crippen LogP contribution in [0, 0.1) is 5.92 Å². The summed E-state index contributed by atoms with van der Waals surface area (Å²) in [6.45, 7) is 2.20. The summed E-state index contributed by atoms with van der Waals surface area (Å²) in [5, 5.41) is 12.1. The van der Waals surface area contributed by atoms with Crippen molar-refractivity contribution < 1.29 is 19.4 Å². The van der Waals surface area contributed by atoms with Gasteiger partial charge in [0, 0.05) is 25.0 Å². The molecule has 0 radical (unpaired) electrons.